The predicted molar refractivity (Wildman–Crippen MR) is 113 cm³/mol. The van der Waals surface area contributed by atoms with Crippen LogP contribution < -0.4 is 25.8 Å². The van der Waals surface area contributed by atoms with Gasteiger partial charge in [0.15, 0.2) is 0 Å². The van der Waals surface area contributed by atoms with Crippen LogP contribution in [0.3, 0.4) is 0 Å². The zero-order chi connectivity index (χ0) is 21.3. The number of aryl methyl sites for hydroxylation is 1. The molecule has 1 fully saturated rings. The van der Waals surface area contributed by atoms with Gasteiger partial charge in [-0.25, -0.2) is 0 Å². The second-order valence-electron chi connectivity index (χ2n) is 7.70. The van der Waals surface area contributed by atoms with Crippen LogP contribution in [-0.2, 0) is 9.59 Å². The van der Waals surface area contributed by atoms with Crippen LogP contribution in [0.5, 0.6) is 5.75 Å². The van der Waals surface area contributed by atoms with Crippen molar-refractivity contribution in [3.05, 3.63) is 39.7 Å². The lowest BCUT2D eigenvalue weighted by Gasteiger charge is -2.29. The number of hydrogen-bond acceptors (Lipinski definition) is 6. The lowest BCUT2D eigenvalue weighted by atomic mass is 9.92. The summed E-state index contributed by atoms with van der Waals surface area (Å²) in [5.74, 6) is -0.644. The molecule has 2 aliphatic rings. The van der Waals surface area contributed by atoms with Gasteiger partial charge in [0.05, 0.1) is 24.3 Å². The molecule has 0 spiro atoms. The fourth-order valence-electron chi connectivity index (χ4n) is 3.98. The largest absolute Gasteiger partial charge is 0.495 e. The first-order valence-electron chi connectivity index (χ1n) is 10.1. The molecule has 1 aromatic carbocycles. The highest BCUT2D eigenvalue weighted by molar-refractivity contribution is 6.05. The third kappa shape index (κ3) is 3.87. The second kappa shape index (κ2) is 8.17. The van der Waals surface area contributed by atoms with Gasteiger partial charge in [-0.1, -0.05) is 6.07 Å². The van der Waals surface area contributed by atoms with E-state index in [-0.39, 0.29) is 23.7 Å². The Kier molecular flexibility index (Phi) is 5.43. The van der Waals surface area contributed by atoms with Crippen LogP contribution in [0.2, 0.25) is 0 Å². The highest BCUT2D eigenvalue weighted by Crippen LogP contribution is 2.32. The second-order valence-corrected chi connectivity index (χ2v) is 7.70. The lowest BCUT2D eigenvalue weighted by Crippen LogP contribution is -2.38. The van der Waals surface area contributed by atoms with Crippen LogP contribution in [0.15, 0.2) is 23.0 Å². The van der Waals surface area contributed by atoms with E-state index in [1.54, 1.807) is 12.1 Å². The predicted octanol–water partition coefficient (Wildman–Crippen LogP) is 2.14. The molecule has 2 aliphatic heterocycles. The molecule has 1 atom stereocenters. The zero-order valence-corrected chi connectivity index (χ0v) is 17.1. The molecule has 3 heterocycles. The normalized spacial score (nSPS) is 18.4. The average Bonchev–Trinajstić information content (AvgIpc) is 2.73. The van der Waals surface area contributed by atoms with Gasteiger partial charge in [-0.15, -0.1) is 0 Å². The maximum absolute atomic E-state index is 13.1. The summed E-state index contributed by atoms with van der Waals surface area (Å²) in [6, 6.07) is 5.41. The van der Waals surface area contributed by atoms with Crippen LogP contribution in [0.1, 0.15) is 42.7 Å². The van der Waals surface area contributed by atoms with E-state index < -0.39 is 17.4 Å². The Morgan fingerprint density at radius 3 is 2.73 bits per heavy atom. The highest BCUT2D eigenvalue weighted by atomic mass is 16.5. The number of nitrogens with one attached hydrogen (secondary N) is 3. The molecule has 2 aromatic rings. The molecule has 3 N–H and O–H groups in total. The number of piperidine rings is 1. The highest BCUT2D eigenvalue weighted by Gasteiger charge is 2.35. The van der Waals surface area contributed by atoms with Crippen LogP contribution in [0.4, 0.5) is 17.5 Å². The number of carbonyl (C=O) groups is 2. The summed E-state index contributed by atoms with van der Waals surface area (Å²) < 4.78 is 5.31. The first-order chi connectivity index (χ1) is 14.5. The van der Waals surface area contributed by atoms with Crippen molar-refractivity contribution in [1.82, 2.24) is 9.97 Å². The molecule has 2 amide bonds. The molecular formula is C21H25N5O4. The molecule has 0 saturated carbocycles. The fraction of sp³-hybridized carbons (Fsp3) is 0.429. The maximum atomic E-state index is 13.1. The van der Waals surface area contributed by atoms with Crippen molar-refractivity contribution >= 4 is 29.3 Å². The Balaban J connectivity index is 1.66. The van der Waals surface area contributed by atoms with Crippen molar-refractivity contribution in [3.63, 3.8) is 0 Å². The average molecular weight is 411 g/mol. The van der Waals surface area contributed by atoms with Crippen molar-refractivity contribution in [2.45, 2.75) is 38.5 Å². The Morgan fingerprint density at radius 1 is 1.23 bits per heavy atom. The number of aromatic amines is 1. The van der Waals surface area contributed by atoms with E-state index in [2.05, 4.69) is 20.6 Å². The zero-order valence-electron chi connectivity index (χ0n) is 17.1. The molecule has 0 aliphatic carbocycles. The third-order valence-electron chi connectivity index (χ3n) is 5.52. The standard InChI is InChI=1S/C21H25N5O4/c1-12-6-7-15(30-2)14(10-12)22-19(28)13-11-16(27)23-18-17(13)20(29)25-21(24-18)26-8-4-3-5-9-26/h6-7,10,13H,3-5,8-9,11H2,1-2H3,(H,22,28)(H2,23,24,25,27,29)/t13-/m1/s1. The number of rotatable bonds is 4. The molecule has 1 saturated heterocycles. The maximum Gasteiger partial charge on any atom is 0.258 e. The Labute approximate surface area is 173 Å². The Morgan fingerprint density at radius 2 is 2.00 bits per heavy atom. The molecule has 0 bridgehead atoms. The number of carbonyl (C=O) groups excluding carboxylic acids is 2. The Hall–Kier alpha value is -3.36. The molecular weight excluding hydrogens is 386 g/mol. The number of aromatic nitrogens is 2. The van der Waals surface area contributed by atoms with E-state index in [9.17, 15) is 14.4 Å². The topological polar surface area (TPSA) is 116 Å². The number of anilines is 3. The van der Waals surface area contributed by atoms with Gasteiger partial charge < -0.3 is 20.3 Å². The van der Waals surface area contributed by atoms with Gasteiger partial charge in [0, 0.05) is 19.5 Å². The molecule has 9 heteroatoms. The van der Waals surface area contributed by atoms with Gasteiger partial charge >= 0.3 is 0 Å². The minimum atomic E-state index is -0.939. The van der Waals surface area contributed by atoms with Crippen molar-refractivity contribution in [2.24, 2.45) is 0 Å². The molecule has 1 aromatic heterocycles. The molecule has 0 unspecified atom stereocenters. The van der Waals surface area contributed by atoms with Gasteiger partial charge in [0.25, 0.3) is 5.56 Å². The lowest BCUT2D eigenvalue weighted by molar-refractivity contribution is -0.123. The minimum Gasteiger partial charge on any atom is -0.495 e. The Bertz CT molecular complexity index is 1040. The summed E-state index contributed by atoms with van der Waals surface area (Å²) in [4.78, 5) is 47.5. The number of hydrogen-bond donors (Lipinski definition) is 3. The smallest absolute Gasteiger partial charge is 0.258 e. The molecule has 4 rings (SSSR count). The summed E-state index contributed by atoms with van der Waals surface area (Å²) in [6.07, 6.45) is 3.07. The number of fused-ring (bicyclic) bond motifs is 1. The van der Waals surface area contributed by atoms with Crippen molar-refractivity contribution in [1.29, 1.82) is 0 Å². The number of nitrogens with zero attached hydrogens (tertiary/aromatic N) is 2. The molecule has 30 heavy (non-hydrogen) atoms. The first-order valence-corrected chi connectivity index (χ1v) is 10.1. The number of ether oxygens (including phenoxy) is 1. The molecule has 9 nitrogen and oxygen atoms in total. The van der Waals surface area contributed by atoms with Crippen LogP contribution in [0.25, 0.3) is 0 Å². The molecule has 158 valence electrons. The molecule has 0 radical (unpaired) electrons. The van der Waals surface area contributed by atoms with Gasteiger partial charge in [0.2, 0.25) is 17.8 Å². The summed E-state index contributed by atoms with van der Waals surface area (Å²) >= 11 is 0. The first kappa shape index (κ1) is 19.9. The van der Waals surface area contributed by atoms with Gasteiger partial charge in [0.1, 0.15) is 11.6 Å². The van der Waals surface area contributed by atoms with Crippen molar-refractivity contribution in [3.8, 4) is 5.75 Å². The fourth-order valence-corrected chi connectivity index (χ4v) is 3.98. The van der Waals surface area contributed by atoms with Crippen LogP contribution in [0, 0.1) is 6.92 Å². The summed E-state index contributed by atoms with van der Waals surface area (Å²) in [5.41, 5.74) is 1.21. The number of methoxy groups -OCH3 is 1. The number of H-pyrrole nitrogens is 1. The van der Waals surface area contributed by atoms with E-state index in [1.165, 1.54) is 7.11 Å². The van der Waals surface area contributed by atoms with Crippen molar-refractivity contribution in [2.75, 3.05) is 35.7 Å². The minimum absolute atomic E-state index is 0.124. The van der Waals surface area contributed by atoms with Crippen LogP contribution >= 0.6 is 0 Å². The van der Waals surface area contributed by atoms with Crippen molar-refractivity contribution < 1.29 is 14.3 Å². The SMILES string of the molecule is COc1ccc(C)cc1NC(=O)[C@@H]1CC(=O)Nc2nc(N3CCCCC3)[nH]c(=O)c21. The van der Waals surface area contributed by atoms with E-state index in [0.717, 1.165) is 37.9 Å². The number of amides is 2. The summed E-state index contributed by atoms with van der Waals surface area (Å²) in [7, 11) is 1.51. The van der Waals surface area contributed by atoms with Gasteiger partial charge in [-0.3, -0.25) is 19.4 Å². The summed E-state index contributed by atoms with van der Waals surface area (Å²) in [6.45, 7) is 3.49. The van der Waals surface area contributed by atoms with Gasteiger partial charge in [-0.2, -0.15) is 4.98 Å². The summed E-state index contributed by atoms with van der Waals surface area (Å²) in [5, 5.41) is 5.46. The van der Waals surface area contributed by atoms with Gasteiger partial charge in [-0.05, 0) is 43.9 Å². The van der Waals surface area contributed by atoms with E-state index in [0.29, 0.717) is 17.4 Å². The van der Waals surface area contributed by atoms with E-state index >= 15 is 0 Å². The quantitative estimate of drug-likeness (QED) is 0.710. The van der Waals surface area contributed by atoms with E-state index in [4.69, 9.17) is 4.74 Å². The third-order valence-corrected chi connectivity index (χ3v) is 5.52. The van der Waals surface area contributed by atoms with E-state index in [1.807, 2.05) is 17.9 Å². The number of benzene rings is 1. The van der Waals surface area contributed by atoms with Crippen LogP contribution in [-0.4, -0.2) is 42.0 Å². The monoisotopic (exact) mass is 411 g/mol.